The van der Waals surface area contributed by atoms with Crippen molar-refractivity contribution in [3.05, 3.63) is 29.6 Å². The van der Waals surface area contributed by atoms with Crippen LogP contribution in [0.5, 0.6) is 5.75 Å². The molecule has 0 heterocycles. The van der Waals surface area contributed by atoms with Crippen LogP contribution in [-0.2, 0) is 0 Å². The number of rotatable bonds is 9. The second kappa shape index (κ2) is 7.76. The van der Waals surface area contributed by atoms with Crippen LogP contribution >= 0.6 is 0 Å². The zero-order valence-corrected chi connectivity index (χ0v) is 13.0. The summed E-state index contributed by atoms with van der Waals surface area (Å²) in [6.45, 7) is 5.10. The fourth-order valence-electron chi connectivity index (χ4n) is 2.74. The lowest BCUT2D eigenvalue weighted by Gasteiger charge is -2.23. The number of methoxy groups -OCH3 is 1. The van der Waals surface area contributed by atoms with Gasteiger partial charge in [-0.15, -0.1) is 0 Å². The summed E-state index contributed by atoms with van der Waals surface area (Å²) in [5.41, 5.74) is 0.280. The molecular formula is C17H26FNO2. The van der Waals surface area contributed by atoms with E-state index in [1.54, 1.807) is 12.1 Å². The van der Waals surface area contributed by atoms with E-state index in [4.69, 9.17) is 4.74 Å². The molecule has 0 amide bonds. The number of halogens is 1. The summed E-state index contributed by atoms with van der Waals surface area (Å²) in [5.74, 6) is 0.856. The molecule has 3 nitrogen and oxygen atoms in total. The minimum absolute atomic E-state index is 0.280. The first-order chi connectivity index (χ1) is 10.2. The van der Waals surface area contributed by atoms with Crippen LogP contribution in [0.3, 0.4) is 0 Å². The van der Waals surface area contributed by atoms with Gasteiger partial charge in [-0.25, -0.2) is 4.39 Å². The molecule has 1 unspecified atom stereocenters. The Labute approximate surface area is 126 Å². The summed E-state index contributed by atoms with van der Waals surface area (Å²) in [6.07, 6.45) is 3.46. The third kappa shape index (κ3) is 4.68. The average molecular weight is 295 g/mol. The van der Waals surface area contributed by atoms with E-state index < -0.39 is 11.9 Å². The van der Waals surface area contributed by atoms with Crippen molar-refractivity contribution in [2.75, 3.05) is 26.7 Å². The summed E-state index contributed by atoms with van der Waals surface area (Å²) in [7, 11) is 1.50. The lowest BCUT2D eigenvalue weighted by Crippen LogP contribution is -2.29. The van der Waals surface area contributed by atoms with Gasteiger partial charge in [0, 0.05) is 13.1 Å². The predicted molar refractivity (Wildman–Crippen MR) is 82.0 cm³/mol. The molecule has 1 fully saturated rings. The highest BCUT2D eigenvalue weighted by Gasteiger charge is 2.25. The third-order valence-corrected chi connectivity index (χ3v) is 4.04. The molecule has 0 bridgehead atoms. The van der Waals surface area contributed by atoms with Crippen LogP contribution in [0.2, 0.25) is 0 Å². The number of benzene rings is 1. The second-order valence-electron chi connectivity index (χ2n) is 5.90. The van der Waals surface area contributed by atoms with Gasteiger partial charge in [0.15, 0.2) is 0 Å². The first kappa shape index (κ1) is 16.2. The van der Waals surface area contributed by atoms with Crippen LogP contribution < -0.4 is 4.74 Å². The van der Waals surface area contributed by atoms with E-state index in [1.165, 1.54) is 26.0 Å². The van der Waals surface area contributed by atoms with E-state index >= 15 is 0 Å². The van der Waals surface area contributed by atoms with Crippen molar-refractivity contribution in [1.82, 2.24) is 4.90 Å². The van der Waals surface area contributed by atoms with E-state index in [1.807, 2.05) is 0 Å². The van der Waals surface area contributed by atoms with Crippen LogP contribution in [-0.4, -0.2) is 36.8 Å². The number of hydrogen-bond donors (Lipinski definition) is 1. The maximum Gasteiger partial charge on any atom is 0.132 e. The normalized spacial score (nSPS) is 16.2. The number of ether oxygens (including phenoxy) is 1. The summed E-state index contributed by atoms with van der Waals surface area (Å²) in [5, 5.41) is 10.3. The summed E-state index contributed by atoms with van der Waals surface area (Å²) < 4.78 is 19.1. The minimum atomic E-state index is -0.820. The van der Waals surface area contributed by atoms with Gasteiger partial charge < -0.3 is 14.7 Å². The van der Waals surface area contributed by atoms with Crippen molar-refractivity contribution in [2.24, 2.45) is 5.92 Å². The Morgan fingerprint density at radius 1 is 1.38 bits per heavy atom. The van der Waals surface area contributed by atoms with Gasteiger partial charge in [0.05, 0.1) is 18.8 Å². The first-order valence-electron chi connectivity index (χ1n) is 7.88. The molecule has 1 aliphatic rings. The zero-order chi connectivity index (χ0) is 15.2. The van der Waals surface area contributed by atoms with Gasteiger partial charge in [-0.3, -0.25) is 0 Å². The molecule has 1 aromatic rings. The van der Waals surface area contributed by atoms with Crippen LogP contribution in [0, 0.1) is 11.7 Å². The molecule has 0 spiro atoms. The standard InChI is InChI=1S/C17H26FNO2/c1-3-10-19(12-13-7-8-13)11-9-15(20)17-14(18)5-4-6-16(17)21-2/h4-6,13,15,20H,3,7-12H2,1-2H3. The van der Waals surface area contributed by atoms with Gasteiger partial charge in [0.25, 0.3) is 0 Å². The number of aliphatic hydroxyl groups is 1. The van der Waals surface area contributed by atoms with E-state index in [-0.39, 0.29) is 5.56 Å². The van der Waals surface area contributed by atoms with E-state index in [0.717, 1.165) is 32.0 Å². The van der Waals surface area contributed by atoms with Crippen LogP contribution in [0.1, 0.15) is 44.3 Å². The van der Waals surface area contributed by atoms with Gasteiger partial charge in [-0.05, 0) is 50.3 Å². The highest BCUT2D eigenvalue weighted by Crippen LogP contribution is 2.32. The molecule has 0 radical (unpaired) electrons. The minimum Gasteiger partial charge on any atom is -0.496 e. The van der Waals surface area contributed by atoms with Crippen LogP contribution in [0.25, 0.3) is 0 Å². The first-order valence-corrected chi connectivity index (χ1v) is 7.88. The molecule has 1 saturated carbocycles. The van der Waals surface area contributed by atoms with Gasteiger partial charge in [0.1, 0.15) is 11.6 Å². The lowest BCUT2D eigenvalue weighted by atomic mass is 10.0. The van der Waals surface area contributed by atoms with Crippen molar-refractivity contribution in [3.63, 3.8) is 0 Å². The Morgan fingerprint density at radius 2 is 2.14 bits per heavy atom. The van der Waals surface area contributed by atoms with Crippen molar-refractivity contribution >= 4 is 0 Å². The molecule has 1 aromatic carbocycles. The molecule has 1 N–H and O–H groups in total. The highest BCUT2D eigenvalue weighted by molar-refractivity contribution is 5.36. The molecule has 21 heavy (non-hydrogen) atoms. The average Bonchev–Trinajstić information content (AvgIpc) is 3.28. The molecule has 4 heteroatoms. The smallest absolute Gasteiger partial charge is 0.132 e. The molecule has 118 valence electrons. The monoisotopic (exact) mass is 295 g/mol. The Kier molecular flexibility index (Phi) is 6.00. The SMILES string of the molecule is CCCN(CCC(O)c1c(F)cccc1OC)CC1CC1. The van der Waals surface area contributed by atoms with E-state index in [9.17, 15) is 9.50 Å². The zero-order valence-electron chi connectivity index (χ0n) is 13.0. The Hall–Kier alpha value is -1.13. The summed E-state index contributed by atoms with van der Waals surface area (Å²) >= 11 is 0. The Bertz CT molecular complexity index is 448. The highest BCUT2D eigenvalue weighted by atomic mass is 19.1. The molecule has 0 aliphatic heterocycles. The molecule has 1 aliphatic carbocycles. The summed E-state index contributed by atoms with van der Waals surface area (Å²) in [4.78, 5) is 2.38. The van der Waals surface area contributed by atoms with Gasteiger partial charge in [-0.1, -0.05) is 13.0 Å². The molecule has 2 rings (SSSR count). The number of aliphatic hydroxyl groups excluding tert-OH is 1. The molecular weight excluding hydrogens is 269 g/mol. The molecule has 0 saturated heterocycles. The van der Waals surface area contributed by atoms with Gasteiger partial charge in [0.2, 0.25) is 0 Å². The third-order valence-electron chi connectivity index (χ3n) is 4.04. The Balaban J connectivity index is 1.94. The fraction of sp³-hybridized carbons (Fsp3) is 0.647. The fourth-order valence-corrected chi connectivity index (χ4v) is 2.74. The maximum atomic E-state index is 13.9. The predicted octanol–water partition coefficient (Wildman–Crippen LogP) is 3.38. The maximum absolute atomic E-state index is 13.9. The Morgan fingerprint density at radius 3 is 2.76 bits per heavy atom. The molecule has 1 atom stereocenters. The van der Waals surface area contributed by atoms with Crippen molar-refractivity contribution in [1.29, 1.82) is 0 Å². The van der Waals surface area contributed by atoms with Gasteiger partial charge >= 0.3 is 0 Å². The largest absolute Gasteiger partial charge is 0.496 e. The number of hydrogen-bond acceptors (Lipinski definition) is 3. The van der Waals surface area contributed by atoms with E-state index in [2.05, 4.69) is 11.8 Å². The second-order valence-corrected chi connectivity index (χ2v) is 5.90. The van der Waals surface area contributed by atoms with E-state index in [0.29, 0.717) is 12.2 Å². The quantitative estimate of drug-likeness (QED) is 0.758. The lowest BCUT2D eigenvalue weighted by molar-refractivity contribution is 0.133. The van der Waals surface area contributed by atoms with Crippen molar-refractivity contribution in [2.45, 2.75) is 38.7 Å². The van der Waals surface area contributed by atoms with Crippen molar-refractivity contribution in [3.8, 4) is 5.75 Å². The van der Waals surface area contributed by atoms with Gasteiger partial charge in [-0.2, -0.15) is 0 Å². The molecule has 0 aromatic heterocycles. The van der Waals surface area contributed by atoms with Crippen LogP contribution in [0.15, 0.2) is 18.2 Å². The summed E-state index contributed by atoms with van der Waals surface area (Å²) in [6, 6.07) is 4.66. The topological polar surface area (TPSA) is 32.7 Å². The van der Waals surface area contributed by atoms with Crippen LogP contribution in [0.4, 0.5) is 4.39 Å². The van der Waals surface area contributed by atoms with Crippen molar-refractivity contribution < 1.29 is 14.2 Å². The number of nitrogens with zero attached hydrogens (tertiary/aromatic N) is 1.